The molecule has 1 heterocycles. The van der Waals surface area contributed by atoms with Crippen LogP contribution in [0.1, 0.15) is 30.8 Å². The quantitative estimate of drug-likeness (QED) is 0.680. The summed E-state index contributed by atoms with van der Waals surface area (Å²) in [5, 5.41) is 3.06. The third-order valence-electron chi connectivity index (χ3n) is 4.30. The molecule has 3 rings (SSSR count). The second-order valence-corrected chi connectivity index (χ2v) is 6.07. The van der Waals surface area contributed by atoms with Gasteiger partial charge in [0.2, 0.25) is 5.91 Å². The molecule has 0 spiro atoms. The lowest BCUT2D eigenvalue weighted by Crippen LogP contribution is -2.30. The smallest absolute Gasteiger partial charge is 0.225 e. The summed E-state index contributed by atoms with van der Waals surface area (Å²) >= 11 is 0. The summed E-state index contributed by atoms with van der Waals surface area (Å²) in [7, 11) is 1.61. The number of methoxy groups -OCH3 is 1. The fourth-order valence-electron chi connectivity index (χ4n) is 2.91. The molecule has 2 aromatic carbocycles. The van der Waals surface area contributed by atoms with Crippen molar-refractivity contribution in [1.82, 2.24) is 15.3 Å². The van der Waals surface area contributed by atoms with Gasteiger partial charge in [-0.1, -0.05) is 55.5 Å². The molecule has 5 nitrogen and oxygen atoms in total. The first kappa shape index (κ1) is 17.7. The lowest BCUT2D eigenvalue weighted by molar-refractivity contribution is -0.121. The maximum Gasteiger partial charge on any atom is 0.225 e. The molecule has 26 heavy (non-hydrogen) atoms. The average molecular weight is 349 g/mol. The first-order chi connectivity index (χ1) is 12.7. The van der Waals surface area contributed by atoms with Gasteiger partial charge in [0, 0.05) is 5.56 Å². The van der Waals surface area contributed by atoms with Gasteiger partial charge < -0.3 is 15.0 Å². The monoisotopic (exact) mass is 349 g/mol. The lowest BCUT2D eigenvalue weighted by atomic mass is 10.1. The summed E-state index contributed by atoms with van der Waals surface area (Å²) in [6, 6.07) is 17.4. The van der Waals surface area contributed by atoms with E-state index in [0.29, 0.717) is 0 Å². The number of aromatic amines is 1. The fraction of sp³-hybridized carbons (Fsp3) is 0.238. The number of benzene rings is 2. The molecular formula is C21H23N3O2. The summed E-state index contributed by atoms with van der Waals surface area (Å²) in [4.78, 5) is 20.3. The highest BCUT2D eigenvalue weighted by atomic mass is 16.5. The Morgan fingerprint density at radius 1 is 1.15 bits per heavy atom. The van der Waals surface area contributed by atoms with Crippen molar-refractivity contribution in [2.45, 2.75) is 25.8 Å². The number of aromatic nitrogens is 2. The van der Waals surface area contributed by atoms with Gasteiger partial charge in [0.1, 0.15) is 11.6 Å². The highest BCUT2D eigenvalue weighted by molar-refractivity contribution is 5.79. The number of carbonyl (C=O) groups excluding carboxylic acids is 1. The van der Waals surface area contributed by atoms with E-state index < -0.39 is 0 Å². The Hall–Kier alpha value is -3.08. The number of nitrogens with zero attached hydrogens (tertiary/aromatic N) is 1. The van der Waals surface area contributed by atoms with Gasteiger partial charge in [-0.05, 0) is 18.1 Å². The molecule has 0 aliphatic heterocycles. The number of ether oxygens (including phenoxy) is 1. The minimum atomic E-state index is -0.158. The van der Waals surface area contributed by atoms with Crippen LogP contribution in [0.15, 0.2) is 60.8 Å². The summed E-state index contributed by atoms with van der Waals surface area (Å²) in [6.45, 7) is 2.03. The summed E-state index contributed by atoms with van der Waals surface area (Å²) < 4.78 is 5.32. The molecule has 0 radical (unpaired) electrons. The third kappa shape index (κ3) is 4.11. The molecule has 0 aliphatic rings. The maximum atomic E-state index is 12.5. The number of nitrogens with one attached hydrogen (secondary N) is 2. The molecule has 0 saturated heterocycles. The van der Waals surface area contributed by atoms with Gasteiger partial charge in [0.25, 0.3) is 0 Å². The van der Waals surface area contributed by atoms with Crippen molar-refractivity contribution in [3.8, 4) is 17.0 Å². The average Bonchev–Trinajstić information content (AvgIpc) is 3.17. The minimum Gasteiger partial charge on any atom is -0.496 e. The van der Waals surface area contributed by atoms with E-state index in [1.165, 1.54) is 0 Å². The Balaban J connectivity index is 1.69. The van der Waals surface area contributed by atoms with Crippen molar-refractivity contribution in [2.24, 2.45) is 0 Å². The van der Waals surface area contributed by atoms with E-state index in [1.807, 2.05) is 61.5 Å². The van der Waals surface area contributed by atoms with Crippen LogP contribution in [-0.4, -0.2) is 23.0 Å². The van der Waals surface area contributed by atoms with Gasteiger partial charge >= 0.3 is 0 Å². The van der Waals surface area contributed by atoms with Crippen LogP contribution in [0.5, 0.6) is 5.75 Å². The van der Waals surface area contributed by atoms with E-state index >= 15 is 0 Å². The van der Waals surface area contributed by atoms with E-state index in [-0.39, 0.29) is 18.4 Å². The van der Waals surface area contributed by atoms with Crippen LogP contribution in [0.3, 0.4) is 0 Å². The summed E-state index contributed by atoms with van der Waals surface area (Å²) in [6.07, 6.45) is 2.83. The molecule has 0 aliphatic carbocycles. The number of carbonyl (C=O) groups is 1. The zero-order valence-electron chi connectivity index (χ0n) is 15.0. The number of para-hydroxylation sites is 1. The van der Waals surface area contributed by atoms with Crippen molar-refractivity contribution in [3.05, 3.63) is 72.2 Å². The van der Waals surface area contributed by atoms with Gasteiger partial charge in [-0.2, -0.15) is 0 Å². The highest BCUT2D eigenvalue weighted by Gasteiger charge is 2.17. The van der Waals surface area contributed by atoms with Crippen molar-refractivity contribution in [3.63, 3.8) is 0 Å². The van der Waals surface area contributed by atoms with Gasteiger partial charge in [-0.15, -0.1) is 0 Å². The Kier molecular flexibility index (Phi) is 5.69. The number of H-pyrrole nitrogens is 1. The number of rotatable bonds is 7. The van der Waals surface area contributed by atoms with E-state index in [0.717, 1.165) is 34.8 Å². The molecular weight excluding hydrogens is 326 g/mol. The van der Waals surface area contributed by atoms with E-state index in [9.17, 15) is 4.79 Å². The molecule has 2 N–H and O–H groups in total. The molecule has 1 atom stereocenters. The number of hydrogen-bond acceptors (Lipinski definition) is 3. The predicted octanol–water partition coefficient (Wildman–Crippen LogP) is 3.90. The topological polar surface area (TPSA) is 67.0 Å². The molecule has 3 aromatic rings. The summed E-state index contributed by atoms with van der Waals surface area (Å²) in [5.41, 5.74) is 2.88. The van der Waals surface area contributed by atoms with Crippen molar-refractivity contribution >= 4 is 5.91 Å². The second-order valence-electron chi connectivity index (χ2n) is 6.07. The van der Waals surface area contributed by atoms with Crippen LogP contribution >= 0.6 is 0 Å². The fourth-order valence-corrected chi connectivity index (χ4v) is 2.91. The van der Waals surface area contributed by atoms with Crippen molar-refractivity contribution < 1.29 is 9.53 Å². The Morgan fingerprint density at radius 3 is 2.62 bits per heavy atom. The third-order valence-corrected chi connectivity index (χ3v) is 4.30. The molecule has 0 saturated carbocycles. The molecule has 0 fully saturated rings. The molecule has 1 aromatic heterocycles. The zero-order chi connectivity index (χ0) is 18.4. The van der Waals surface area contributed by atoms with Crippen LogP contribution in [0.4, 0.5) is 0 Å². The summed E-state index contributed by atoms with van der Waals surface area (Å²) in [5.74, 6) is 1.43. The van der Waals surface area contributed by atoms with Crippen LogP contribution in [0.25, 0.3) is 11.3 Å². The number of imidazole rings is 1. The first-order valence-corrected chi connectivity index (χ1v) is 8.72. The minimum absolute atomic E-state index is 0.0565. The largest absolute Gasteiger partial charge is 0.496 e. The van der Waals surface area contributed by atoms with E-state index in [1.54, 1.807) is 13.3 Å². The normalized spacial score (nSPS) is 11.8. The van der Waals surface area contributed by atoms with E-state index in [4.69, 9.17) is 4.74 Å². The second kappa shape index (κ2) is 8.34. The molecule has 5 heteroatoms. The first-order valence-electron chi connectivity index (χ1n) is 8.72. The van der Waals surface area contributed by atoms with E-state index in [2.05, 4.69) is 15.3 Å². The SMILES string of the molecule is CC[C@H](NC(=O)Cc1ccccc1OC)c1ncc(-c2ccccc2)[nH]1. The number of hydrogen-bond donors (Lipinski definition) is 2. The van der Waals surface area contributed by atoms with Gasteiger partial charge in [-0.25, -0.2) is 4.98 Å². The van der Waals surface area contributed by atoms with Crippen LogP contribution in [-0.2, 0) is 11.2 Å². The standard InChI is InChI=1S/C21H23N3O2/c1-3-17(21-22-14-18(24-21)15-9-5-4-6-10-15)23-20(25)13-16-11-7-8-12-19(16)26-2/h4-12,14,17H,3,13H2,1-2H3,(H,22,24)(H,23,25)/t17-/m0/s1. The molecule has 0 bridgehead atoms. The van der Waals surface area contributed by atoms with Gasteiger partial charge in [0.05, 0.1) is 31.5 Å². The Labute approximate surface area is 153 Å². The van der Waals surface area contributed by atoms with Crippen molar-refractivity contribution in [2.75, 3.05) is 7.11 Å². The predicted molar refractivity (Wildman–Crippen MR) is 102 cm³/mol. The van der Waals surface area contributed by atoms with Crippen LogP contribution < -0.4 is 10.1 Å². The van der Waals surface area contributed by atoms with Crippen LogP contribution in [0.2, 0.25) is 0 Å². The Bertz CT molecular complexity index is 858. The Morgan fingerprint density at radius 2 is 1.88 bits per heavy atom. The van der Waals surface area contributed by atoms with Crippen LogP contribution in [0, 0.1) is 0 Å². The van der Waals surface area contributed by atoms with Crippen molar-refractivity contribution in [1.29, 1.82) is 0 Å². The lowest BCUT2D eigenvalue weighted by Gasteiger charge is -2.15. The molecule has 0 unspecified atom stereocenters. The molecule has 134 valence electrons. The van der Waals surface area contributed by atoms with Gasteiger partial charge in [0.15, 0.2) is 0 Å². The molecule has 1 amide bonds. The zero-order valence-corrected chi connectivity index (χ0v) is 15.0. The maximum absolute atomic E-state index is 12.5. The number of amides is 1. The highest BCUT2D eigenvalue weighted by Crippen LogP contribution is 2.21. The van der Waals surface area contributed by atoms with Gasteiger partial charge in [-0.3, -0.25) is 4.79 Å².